The van der Waals surface area contributed by atoms with E-state index < -0.39 is 0 Å². The number of nitrogens with zero attached hydrogens (tertiary/aromatic N) is 2. The normalized spacial score (nSPS) is 25.3. The fourth-order valence-corrected chi connectivity index (χ4v) is 5.53. The van der Waals surface area contributed by atoms with Gasteiger partial charge in [-0.15, -0.1) is 0 Å². The van der Waals surface area contributed by atoms with Gasteiger partial charge < -0.3 is 19.7 Å². The zero-order chi connectivity index (χ0) is 23.0. The van der Waals surface area contributed by atoms with Gasteiger partial charge >= 0.3 is 0 Å². The second-order valence-electron chi connectivity index (χ2n) is 9.81. The summed E-state index contributed by atoms with van der Waals surface area (Å²) in [6.07, 6.45) is 9.74. The van der Waals surface area contributed by atoms with E-state index in [9.17, 15) is 10.1 Å². The summed E-state index contributed by atoms with van der Waals surface area (Å²) in [5, 5.41) is 13.2. The van der Waals surface area contributed by atoms with Gasteiger partial charge in [0.2, 0.25) is 5.91 Å². The van der Waals surface area contributed by atoms with E-state index in [0.717, 1.165) is 77.3 Å². The highest BCUT2D eigenvalue weighted by Crippen LogP contribution is 2.29. The van der Waals surface area contributed by atoms with E-state index >= 15 is 0 Å². The summed E-state index contributed by atoms with van der Waals surface area (Å²) >= 11 is 5.98. The molecule has 1 amide bonds. The van der Waals surface area contributed by atoms with Crippen LogP contribution in [-0.2, 0) is 9.53 Å². The minimum Gasteiger partial charge on any atom is -0.489 e. The van der Waals surface area contributed by atoms with Crippen molar-refractivity contribution >= 4 is 17.5 Å². The van der Waals surface area contributed by atoms with E-state index in [2.05, 4.69) is 16.3 Å². The standard InChI is InChI=1S/C26H36ClN3O3/c27-22-3-6-25(21(17-22)18-28)33-24-8-13-30(14-9-24)12-7-19-1-4-23(5-2-19)29-26(31)20-10-15-32-16-11-20/h3,6,17,19-20,23-24H,1-2,4-5,7-16H2,(H,29,31). The maximum atomic E-state index is 12.5. The van der Waals surface area contributed by atoms with E-state index in [1.54, 1.807) is 18.2 Å². The molecule has 0 atom stereocenters. The van der Waals surface area contributed by atoms with Crippen molar-refractivity contribution in [2.45, 2.75) is 69.9 Å². The molecule has 1 saturated carbocycles. The Balaban J connectivity index is 1.11. The van der Waals surface area contributed by atoms with Gasteiger partial charge in [0.25, 0.3) is 0 Å². The molecule has 0 radical (unpaired) electrons. The molecule has 1 N–H and O–H groups in total. The molecule has 3 aliphatic rings. The Morgan fingerprint density at radius 3 is 2.55 bits per heavy atom. The molecule has 4 rings (SSSR count). The number of amides is 1. The summed E-state index contributed by atoms with van der Waals surface area (Å²) in [4.78, 5) is 15.0. The third-order valence-corrected chi connectivity index (χ3v) is 7.76. The van der Waals surface area contributed by atoms with Gasteiger partial charge in [-0.25, -0.2) is 0 Å². The van der Waals surface area contributed by atoms with Crippen LogP contribution in [0.1, 0.15) is 63.4 Å². The van der Waals surface area contributed by atoms with E-state index in [1.807, 2.05) is 0 Å². The first-order valence-corrected chi connectivity index (χ1v) is 13.0. The second-order valence-corrected chi connectivity index (χ2v) is 10.2. The highest BCUT2D eigenvalue weighted by atomic mass is 35.5. The Kier molecular flexibility index (Phi) is 8.89. The smallest absolute Gasteiger partial charge is 0.223 e. The molecular weight excluding hydrogens is 438 g/mol. The van der Waals surface area contributed by atoms with Crippen molar-refractivity contribution < 1.29 is 14.3 Å². The van der Waals surface area contributed by atoms with Crippen LogP contribution < -0.4 is 10.1 Å². The average Bonchev–Trinajstić information content (AvgIpc) is 2.86. The summed E-state index contributed by atoms with van der Waals surface area (Å²) in [6.45, 7) is 4.65. The summed E-state index contributed by atoms with van der Waals surface area (Å²) < 4.78 is 11.5. The van der Waals surface area contributed by atoms with Crippen LogP contribution in [0, 0.1) is 23.2 Å². The van der Waals surface area contributed by atoms with Crippen molar-refractivity contribution in [3.8, 4) is 11.8 Å². The van der Waals surface area contributed by atoms with Gasteiger partial charge in [0.05, 0.1) is 5.56 Å². The zero-order valence-corrected chi connectivity index (χ0v) is 20.2. The first-order valence-electron chi connectivity index (χ1n) is 12.6. The lowest BCUT2D eigenvalue weighted by Gasteiger charge is -2.35. The molecule has 0 aromatic heterocycles. The van der Waals surface area contributed by atoms with Crippen molar-refractivity contribution in [2.75, 3.05) is 32.8 Å². The first-order chi connectivity index (χ1) is 16.1. The molecule has 2 aliphatic heterocycles. The second kappa shape index (κ2) is 12.1. The Morgan fingerprint density at radius 1 is 1.12 bits per heavy atom. The van der Waals surface area contributed by atoms with Gasteiger partial charge in [0.15, 0.2) is 0 Å². The average molecular weight is 474 g/mol. The highest BCUT2D eigenvalue weighted by molar-refractivity contribution is 6.30. The third-order valence-electron chi connectivity index (χ3n) is 7.53. The van der Waals surface area contributed by atoms with Crippen molar-refractivity contribution in [2.24, 2.45) is 11.8 Å². The Morgan fingerprint density at radius 2 is 1.85 bits per heavy atom. The lowest BCUT2D eigenvalue weighted by Crippen LogP contribution is -2.43. The molecule has 7 heteroatoms. The first kappa shape index (κ1) is 24.3. The van der Waals surface area contributed by atoms with Crippen molar-refractivity contribution in [1.82, 2.24) is 10.2 Å². The molecule has 2 saturated heterocycles. The molecule has 6 nitrogen and oxygen atoms in total. The summed E-state index contributed by atoms with van der Waals surface area (Å²) in [7, 11) is 0. The Bertz CT molecular complexity index is 821. The number of likely N-dealkylation sites (tertiary alicyclic amines) is 1. The third kappa shape index (κ3) is 7.09. The molecule has 3 fully saturated rings. The predicted octanol–water partition coefficient (Wildman–Crippen LogP) is 4.55. The van der Waals surface area contributed by atoms with Gasteiger partial charge in [-0.2, -0.15) is 5.26 Å². The molecule has 2 heterocycles. The molecule has 33 heavy (non-hydrogen) atoms. The number of piperidine rings is 1. The molecule has 1 aliphatic carbocycles. The van der Waals surface area contributed by atoms with Crippen LogP contribution in [0.25, 0.3) is 0 Å². The topological polar surface area (TPSA) is 74.6 Å². The predicted molar refractivity (Wildman–Crippen MR) is 128 cm³/mol. The maximum Gasteiger partial charge on any atom is 0.223 e. The summed E-state index contributed by atoms with van der Waals surface area (Å²) in [6, 6.07) is 7.77. The number of nitriles is 1. The minimum absolute atomic E-state index is 0.148. The van der Waals surface area contributed by atoms with E-state index in [-0.39, 0.29) is 17.9 Å². The van der Waals surface area contributed by atoms with Gasteiger partial charge in [-0.05, 0) is 88.4 Å². The molecule has 0 bridgehead atoms. The van der Waals surface area contributed by atoms with Gasteiger partial charge in [0, 0.05) is 43.3 Å². The van der Waals surface area contributed by atoms with Crippen LogP contribution in [-0.4, -0.2) is 55.8 Å². The van der Waals surface area contributed by atoms with E-state index in [1.165, 1.54) is 19.3 Å². The van der Waals surface area contributed by atoms with E-state index in [4.69, 9.17) is 21.1 Å². The van der Waals surface area contributed by atoms with E-state index in [0.29, 0.717) is 22.4 Å². The van der Waals surface area contributed by atoms with Gasteiger partial charge in [-0.3, -0.25) is 4.79 Å². The number of hydrogen-bond acceptors (Lipinski definition) is 5. The number of nitrogens with one attached hydrogen (secondary N) is 1. The number of carbonyl (C=O) groups is 1. The maximum absolute atomic E-state index is 12.5. The Hall–Kier alpha value is -1.81. The van der Waals surface area contributed by atoms with Crippen LogP contribution in [0.3, 0.4) is 0 Å². The lowest BCUT2D eigenvalue weighted by molar-refractivity contribution is -0.128. The fraction of sp³-hybridized carbons (Fsp3) is 0.692. The summed E-state index contributed by atoms with van der Waals surface area (Å²) in [5.74, 6) is 1.80. The van der Waals surface area contributed by atoms with Crippen LogP contribution in [0.5, 0.6) is 5.75 Å². The van der Waals surface area contributed by atoms with Crippen molar-refractivity contribution in [3.05, 3.63) is 28.8 Å². The van der Waals surface area contributed by atoms with Crippen molar-refractivity contribution in [1.29, 1.82) is 5.26 Å². The van der Waals surface area contributed by atoms with Gasteiger partial charge in [-0.1, -0.05) is 11.6 Å². The minimum atomic E-state index is 0.148. The molecule has 1 aromatic carbocycles. The zero-order valence-electron chi connectivity index (χ0n) is 19.4. The SMILES string of the molecule is N#Cc1cc(Cl)ccc1OC1CCN(CCC2CCC(NC(=O)C3CCOCC3)CC2)CC1. The quantitative estimate of drug-likeness (QED) is 0.629. The highest BCUT2D eigenvalue weighted by Gasteiger charge is 2.28. The number of halogens is 1. The van der Waals surface area contributed by atoms with Crippen LogP contribution in [0.4, 0.5) is 0 Å². The number of carbonyl (C=O) groups excluding carboxylic acids is 1. The number of benzene rings is 1. The molecule has 180 valence electrons. The van der Waals surface area contributed by atoms with Crippen molar-refractivity contribution in [3.63, 3.8) is 0 Å². The molecule has 0 spiro atoms. The largest absolute Gasteiger partial charge is 0.489 e. The molecule has 0 unspecified atom stereocenters. The van der Waals surface area contributed by atoms with Gasteiger partial charge in [0.1, 0.15) is 17.9 Å². The number of rotatable bonds is 7. The van der Waals surface area contributed by atoms with Crippen LogP contribution in [0.2, 0.25) is 5.02 Å². The number of hydrogen-bond donors (Lipinski definition) is 1. The summed E-state index contributed by atoms with van der Waals surface area (Å²) in [5.41, 5.74) is 0.504. The van der Waals surface area contributed by atoms with Crippen LogP contribution in [0.15, 0.2) is 18.2 Å². The molecular formula is C26H36ClN3O3. The molecule has 1 aromatic rings. The number of ether oxygens (including phenoxy) is 2. The lowest BCUT2D eigenvalue weighted by atomic mass is 9.83. The Labute approximate surface area is 202 Å². The monoisotopic (exact) mass is 473 g/mol. The fourth-order valence-electron chi connectivity index (χ4n) is 5.36. The van der Waals surface area contributed by atoms with Crippen LogP contribution >= 0.6 is 11.6 Å².